The predicted octanol–water partition coefficient (Wildman–Crippen LogP) is 4.57. The van der Waals surface area contributed by atoms with Crippen molar-refractivity contribution in [3.05, 3.63) is 79.4 Å². The van der Waals surface area contributed by atoms with E-state index < -0.39 is 33.4 Å². The smallest absolute Gasteiger partial charge is 0.490 e. The number of aliphatic carboxylic acids is 1. The summed E-state index contributed by atoms with van der Waals surface area (Å²) in [5, 5.41) is 9.47. The fraction of sp³-hybridized carbons (Fsp3) is 0.296. The Morgan fingerprint density at radius 3 is 1.69 bits per heavy atom. The lowest BCUT2D eigenvalue weighted by Crippen LogP contribution is -2.24. The summed E-state index contributed by atoms with van der Waals surface area (Å²) >= 11 is 11.8. The molecule has 0 spiro atoms. The maximum absolute atomic E-state index is 11.4. The number of ether oxygens (including phenoxy) is 2. The fourth-order valence-corrected chi connectivity index (χ4v) is 4.09. The van der Waals surface area contributed by atoms with Gasteiger partial charge in [0.2, 0.25) is 10.0 Å². The second-order valence-corrected chi connectivity index (χ2v) is 11.5. The zero-order valence-electron chi connectivity index (χ0n) is 23.4. The zero-order valence-corrected chi connectivity index (χ0v) is 25.7. The minimum absolute atomic E-state index is 0.258. The summed E-state index contributed by atoms with van der Waals surface area (Å²) in [6.07, 6.45) is -2.80. The Balaban J connectivity index is 0.000000263. The number of hydrogen-bond donors (Lipinski definition) is 3. The Morgan fingerprint density at radius 2 is 1.31 bits per heavy atom. The molecular formula is C27H27Cl2F3N2O10S. The lowest BCUT2D eigenvalue weighted by Gasteiger charge is -2.08. The molecule has 2 heterocycles. The normalized spacial score (nSPS) is 11.3. The van der Waals surface area contributed by atoms with Gasteiger partial charge in [-0.05, 0) is 55.8 Å². The van der Waals surface area contributed by atoms with Crippen LogP contribution in [-0.4, -0.2) is 58.2 Å². The van der Waals surface area contributed by atoms with Crippen molar-refractivity contribution in [2.45, 2.75) is 19.0 Å². The molecule has 0 aliphatic rings. The van der Waals surface area contributed by atoms with Crippen LogP contribution in [0.3, 0.4) is 0 Å². The van der Waals surface area contributed by atoms with E-state index in [4.69, 9.17) is 57.1 Å². The number of hydrogen-bond acceptors (Lipinski definition) is 10. The van der Waals surface area contributed by atoms with Gasteiger partial charge in [-0.15, -0.1) is 0 Å². The van der Waals surface area contributed by atoms with Gasteiger partial charge in [0.1, 0.15) is 22.7 Å². The number of alkyl halides is 3. The van der Waals surface area contributed by atoms with Crippen LogP contribution in [0.2, 0.25) is 10.0 Å². The van der Waals surface area contributed by atoms with Crippen LogP contribution < -0.4 is 31.2 Å². The zero-order chi connectivity index (χ0) is 33.8. The number of fused-ring (bicyclic) bond motifs is 2. The molecule has 0 atom stereocenters. The molecule has 0 saturated carbocycles. The van der Waals surface area contributed by atoms with Gasteiger partial charge >= 0.3 is 23.4 Å². The molecule has 18 heteroatoms. The molecule has 12 nitrogen and oxygen atoms in total. The van der Waals surface area contributed by atoms with Crippen LogP contribution in [-0.2, 0) is 14.8 Å². The van der Waals surface area contributed by atoms with Crippen LogP contribution >= 0.6 is 23.2 Å². The Morgan fingerprint density at radius 1 is 0.889 bits per heavy atom. The molecule has 0 unspecified atom stereocenters. The quantitative estimate of drug-likeness (QED) is 0.155. The summed E-state index contributed by atoms with van der Waals surface area (Å²) in [4.78, 5) is 31.7. The SMILES string of the molecule is CS(=O)(=O)NCCCOc1cc(=O)oc2ccc(Cl)cc12.NCCCOc1cc(=O)oc2ccc(Cl)cc12.O=C(O)C(F)(F)F. The van der Waals surface area contributed by atoms with Gasteiger partial charge in [-0.3, -0.25) is 0 Å². The molecule has 4 aromatic rings. The highest BCUT2D eigenvalue weighted by atomic mass is 35.5. The van der Waals surface area contributed by atoms with Crippen LogP contribution in [0.15, 0.2) is 67.0 Å². The van der Waals surface area contributed by atoms with Crippen molar-refractivity contribution in [2.75, 3.05) is 32.6 Å². The van der Waals surface area contributed by atoms with Gasteiger partial charge in [-0.25, -0.2) is 27.5 Å². The number of nitrogens with two attached hydrogens (primary N) is 1. The Hall–Kier alpha value is -3.83. The van der Waals surface area contributed by atoms with Gasteiger partial charge in [0.25, 0.3) is 0 Å². The van der Waals surface area contributed by atoms with Crippen molar-refractivity contribution in [1.82, 2.24) is 4.72 Å². The Bertz CT molecular complexity index is 1830. The molecule has 0 bridgehead atoms. The second-order valence-electron chi connectivity index (χ2n) is 8.80. The van der Waals surface area contributed by atoms with E-state index in [1.54, 1.807) is 36.4 Å². The third-order valence-electron chi connectivity index (χ3n) is 5.12. The first kappa shape index (κ1) is 37.4. The summed E-state index contributed by atoms with van der Waals surface area (Å²) < 4.78 is 77.0. The van der Waals surface area contributed by atoms with E-state index in [1.165, 1.54) is 12.1 Å². The molecule has 246 valence electrons. The van der Waals surface area contributed by atoms with Gasteiger partial charge in [0.05, 0.1) is 42.4 Å². The van der Waals surface area contributed by atoms with Crippen molar-refractivity contribution in [2.24, 2.45) is 5.73 Å². The summed E-state index contributed by atoms with van der Waals surface area (Å²) in [6.45, 7) is 1.52. The number of halogens is 5. The highest BCUT2D eigenvalue weighted by Gasteiger charge is 2.38. The van der Waals surface area contributed by atoms with Crippen molar-refractivity contribution in [1.29, 1.82) is 0 Å². The van der Waals surface area contributed by atoms with Crippen LogP contribution in [0.25, 0.3) is 21.9 Å². The lowest BCUT2D eigenvalue weighted by atomic mass is 10.2. The van der Waals surface area contributed by atoms with Crippen molar-refractivity contribution >= 4 is 61.1 Å². The first-order valence-electron chi connectivity index (χ1n) is 12.7. The number of benzene rings is 2. The molecule has 0 aliphatic carbocycles. The Labute approximate surface area is 263 Å². The molecule has 0 saturated heterocycles. The third kappa shape index (κ3) is 13.4. The number of nitrogens with one attached hydrogen (secondary N) is 1. The highest BCUT2D eigenvalue weighted by molar-refractivity contribution is 7.88. The van der Waals surface area contributed by atoms with Gasteiger partial charge < -0.3 is 29.1 Å². The van der Waals surface area contributed by atoms with Crippen molar-refractivity contribution in [3.63, 3.8) is 0 Å². The molecule has 0 amide bonds. The minimum atomic E-state index is -5.08. The van der Waals surface area contributed by atoms with E-state index >= 15 is 0 Å². The number of rotatable bonds is 10. The van der Waals surface area contributed by atoms with E-state index in [2.05, 4.69) is 4.72 Å². The summed E-state index contributed by atoms with van der Waals surface area (Å²) in [5.41, 5.74) is 5.26. The molecule has 0 radical (unpaired) electrons. The molecule has 0 aliphatic heterocycles. The van der Waals surface area contributed by atoms with Crippen molar-refractivity contribution in [3.8, 4) is 11.5 Å². The maximum atomic E-state index is 11.4. The van der Waals surface area contributed by atoms with Crippen LogP contribution in [0, 0.1) is 0 Å². The fourth-order valence-electron chi connectivity index (χ4n) is 3.23. The number of carboxylic acid groups (broad SMARTS) is 1. The van der Waals surface area contributed by atoms with Crippen LogP contribution in [0.5, 0.6) is 11.5 Å². The van der Waals surface area contributed by atoms with E-state index in [0.29, 0.717) is 63.1 Å². The average molecular weight is 699 g/mol. The monoisotopic (exact) mass is 698 g/mol. The number of carboxylic acids is 1. The Kier molecular flexibility index (Phi) is 14.1. The van der Waals surface area contributed by atoms with Crippen LogP contribution in [0.4, 0.5) is 13.2 Å². The van der Waals surface area contributed by atoms with Gasteiger partial charge in [0.15, 0.2) is 0 Å². The van der Waals surface area contributed by atoms with E-state index in [9.17, 15) is 31.2 Å². The molecule has 45 heavy (non-hydrogen) atoms. The average Bonchev–Trinajstić information content (AvgIpc) is 2.93. The van der Waals surface area contributed by atoms with Gasteiger partial charge in [0, 0.05) is 16.6 Å². The van der Waals surface area contributed by atoms with E-state index in [1.807, 2.05) is 0 Å². The molecule has 0 fully saturated rings. The highest BCUT2D eigenvalue weighted by Crippen LogP contribution is 2.28. The maximum Gasteiger partial charge on any atom is 0.490 e. The third-order valence-corrected chi connectivity index (χ3v) is 6.32. The molecular weight excluding hydrogens is 672 g/mol. The van der Waals surface area contributed by atoms with E-state index in [-0.39, 0.29) is 13.2 Å². The minimum Gasteiger partial charge on any atom is -0.492 e. The summed E-state index contributed by atoms with van der Waals surface area (Å²) in [7, 11) is -3.20. The van der Waals surface area contributed by atoms with Gasteiger partial charge in [-0.2, -0.15) is 13.2 Å². The topological polar surface area (TPSA) is 188 Å². The summed E-state index contributed by atoms with van der Waals surface area (Å²) in [5.74, 6) is -1.91. The van der Waals surface area contributed by atoms with E-state index in [0.717, 1.165) is 12.7 Å². The molecule has 4 N–H and O–H groups in total. The standard InChI is InChI=1S/C13H14ClNO5S.C12H12ClNO3.C2HF3O2/c1-21(17,18)15-5-2-6-19-12-8-13(16)20-11-4-3-9(14)7-10(11)12;13-8-2-3-10-9(6-8)11(7-12(15)17-10)16-5-1-4-14;3-2(4,5)1(6)7/h3-4,7-8,15H,2,5-6H2,1H3;2-3,6-7H,1,4-5,14H2;(H,6,7). The van der Waals surface area contributed by atoms with Crippen LogP contribution in [0.1, 0.15) is 12.8 Å². The molecule has 4 rings (SSSR count). The summed E-state index contributed by atoms with van der Waals surface area (Å²) in [6, 6.07) is 12.4. The second kappa shape index (κ2) is 17.0. The number of sulfonamides is 1. The first-order valence-corrected chi connectivity index (χ1v) is 15.3. The number of carbonyl (C=O) groups is 1. The predicted molar refractivity (Wildman–Crippen MR) is 161 cm³/mol. The van der Waals surface area contributed by atoms with Crippen molar-refractivity contribution < 1.29 is 49.8 Å². The largest absolute Gasteiger partial charge is 0.492 e. The molecule has 2 aromatic carbocycles. The first-order chi connectivity index (χ1) is 21.0. The van der Waals surface area contributed by atoms with Gasteiger partial charge in [-0.1, -0.05) is 23.2 Å². The molecule has 2 aromatic heterocycles. The lowest BCUT2D eigenvalue weighted by molar-refractivity contribution is -0.192.